The third-order valence-corrected chi connectivity index (χ3v) is 5.09. The van der Waals surface area contributed by atoms with Crippen molar-refractivity contribution in [1.29, 1.82) is 0 Å². The Bertz CT molecular complexity index is 1210. The van der Waals surface area contributed by atoms with Crippen LogP contribution in [0.15, 0.2) is 68.5 Å². The molecule has 160 valence electrons. The van der Waals surface area contributed by atoms with Crippen molar-refractivity contribution in [1.82, 2.24) is 19.8 Å². The first-order valence-electron chi connectivity index (χ1n) is 9.68. The molecule has 0 fully saturated rings. The molecular weight excluding hydrogens is 460 g/mol. The molecule has 3 aromatic rings. The van der Waals surface area contributed by atoms with Crippen LogP contribution in [0.2, 0.25) is 0 Å². The molecule has 1 heterocycles. The standard InChI is InChI=1S/C22H23BrN6O2/c1-5-16-9-8-12-20(29-22(30)28(4)26-27-29)19(16)14-31-21(6-2)25-24-15(3)17-10-7-11-18(23)13-17/h5,7-13H,1,6,14H2,2-4H3/b24-15+,25-21+. The molecule has 0 aliphatic rings. The van der Waals surface area contributed by atoms with Crippen molar-refractivity contribution in [2.24, 2.45) is 17.3 Å². The van der Waals surface area contributed by atoms with Gasteiger partial charge in [0.05, 0.1) is 11.4 Å². The first kappa shape index (κ1) is 22.4. The van der Waals surface area contributed by atoms with Crippen molar-refractivity contribution in [3.63, 3.8) is 0 Å². The highest BCUT2D eigenvalue weighted by Crippen LogP contribution is 2.20. The molecule has 0 spiro atoms. The van der Waals surface area contributed by atoms with Crippen LogP contribution in [0.25, 0.3) is 11.8 Å². The normalized spacial score (nSPS) is 12.1. The third-order valence-electron chi connectivity index (χ3n) is 4.60. The summed E-state index contributed by atoms with van der Waals surface area (Å²) in [6, 6.07) is 13.4. The maximum absolute atomic E-state index is 12.3. The van der Waals surface area contributed by atoms with E-state index in [2.05, 4.69) is 43.1 Å². The first-order valence-corrected chi connectivity index (χ1v) is 10.5. The molecule has 3 rings (SSSR count). The maximum Gasteiger partial charge on any atom is 0.368 e. The second-order valence-corrected chi connectivity index (χ2v) is 7.59. The number of aromatic nitrogens is 4. The minimum Gasteiger partial charge on any atom is -0.475 e. The minimum absolute atomic E-state index is 0.179. The Hall–Kier alpha value is -3.33. The molecular formula is C22H23BrN6O2. The van der Waals surface area contributed by atoms with Gasteiger partial charge in [-0.15, -0.1) is 5.10 Å². The predicted octanol–water partition coefficient (Wildman–Crippen LogP) is 4.12. The number of aryl methyl sites for hydroxylation is 1. The zero-order chi connectivity index (χ0) is 22.4. The molecule has 0 amide bonds. The Morgan fingerprint density at radius 2 is 2.00 bits per heavy atom. The van der Waals surface area contributed by atoms with E-state index in [1.54, 1.807) is 19.2 Å². The monoisotopic (exact) mass is 482 g/mol. The average Bonchev–Trinajstić information content (AvgIpc) is 3.11. The molecule has 0 radical (unpaired) electrons. The van der Waals surface area contributed by atoms with Crippen molar-refractivity contribution in [3.05, 3.63) is 80.7 Å². The zero-order valence-corrected chi connectivity index (χ0v) is 19.2. The first-order chi connectivity index (χ1) is 14.9. The summed E-state index contributed by atoms with van der Waals surface area (Å²) >= 11 is 3.46. The van der Waals surface area contributed by atoms with E-state index < -0.39 is 0 Å². The molecule has 0 saturated heterocycles. The van der Waals surface area contributed by atoms with E-state index in [9.17, 15) is 4.79 Å². The summed E-state index contributed by atoms with van der Waals surface area (Å²) in [6.07, 6.45) is 2.27. The van der Waals surface area contributed by atoms with Crippen LogP contribution in [0, 0.1) is 0 Å². The average molecular weight is 483 g/mol. The lowest BCUT2D eigenvalue weighted by Gasteiger charge is -2.13. The van der Waals surface area contributed by atoms with E-state index in [0.717, 1.165) is 26.9 Å². The number of hydrogen-bond donors (Lipinski definition) is 0. The van der Waals surface area contributed by atoms with Crippen molar-refractivity contribution >= 4 is 33.6 Å². The third kappa shape index (κ3) is 5.24. The SMILES string of the molecule is C=Cc1cccc(-n2nnn(C)c2=O)c1CO/C(CC)=N/N=C(\C)c1cccc(Br)c1. The van der Waals surface area contributed by atoms with Gasteiger partial charge in [-0.3, -0.25) is 0 Å². The van der Waals surface area contributed by atoms with Gasteiger partial charge in [-0.25, -0.2) is 4.79 Å². The number of hydrogen-bond acceptors (Lipinski definition) is 6. The predicted molar refractivity (Wildman–Crippen MR) is 126 cm³/mol. The summed E-state index contributed by atoms with van der Waals surface area (Å²) in [5, 5.41) is 16.3. The Balaban J connectivity index is 1.87. The zero-order valence-electron chi connectivity index (χ0n) is 17.6. The van der Waals surface area contributed by atoms with Gasteiger partial charge < -0.3 is 4.74 Å². The van der Waals surface area contributed by atoms with E-state index in [-0.39, 0.29) is 12.3 Å². The molecule has 0 N–H and O–H groups in total. The number of rotatable bonds is 7. The number of nitrogens with zero attached hydrogens (tertiary/aromatic N) is 6. The number of ether oxygens (including phenoxy) is 1. The fourth-order valence-corrected chi connectivity index (χ4v) is 3.26. The van der Waals surface area contributed by atoms with Gasteiger partial charge in [-0.1, -0.05) is 59.8 Å². The summed E-state index contributed by atoms with van der Waals surface area (Å²) in [5.41, 5.74) is 3.57. The van der Waals surface area contributed by atoms with Crippen LogP contribution in [-0.4, -0.2) is 31.4 Å². The van der Waals surface area contributed by atoms with Crippen LogP contribution in [0.5, 0.6) is 0 Å². The van der Waals surface area contributed by atoms with E-state index in [0.29, 0.717) is 18.0 Å². The molecule has 0 unspecified atom stereocenters. The summed E-state index contributed by atoms with van der Waals surface area (Å²) < 4.78 is 9.34. The fourth-order valence-electron chi connectivity index (χ4n) is 2.86. The summed E-state index contributed by atoms with van der Waals surface area (Å²) in [6.45, 7) is 7.87. The molecule has 0 saturated carbocycles. The largest absolute Gasteiger partial charge is 0.475 e. The lowest BCUT2D eigenvalue weighted by atomic mass is 10.1. The van der Waals surface area contributed by atoms with Gasteiger partial charge in [0.1, 0.15) is 6.61 Å². The van der Waals surface area contributed by atoms with Crippen LogP contribution in [0.3, 0.4) is 0 Å². The van der Waals surface area contributed by atoms with Crippen LogP contribution in [0.1, 0.15) is 37.0 Å². The summed E-state index contributed by atoms with van der Waals surface area (Å²) in [5.74, 6) is 0.477. The quantitative estimate of drug-likeness (QED) is 0.288. The van der Waals surface area contributed by atoms with Crippen molar-refractivity contribution in [3.8, 4) is 5.69 Å². The number of halogens is 1. The van der Waals surface area contributed by atoms with Gasteiger partial charge in [0, 0.05) is 23.5 Å². The molecule has 31 heavy (non-hydrogen) atoms. The van der Waals surface area contributed by atoms with Crippen LogP contribution in [0.4, 0.5) is 0 Å². The number of benzene rings is 2. The van der Waals surface area contributed by atoms with Crippen molar-refractivity contribution in [2.45, 2.75) is 26.9 Å². The van der Waals surface area contributed by atoms with Crippen molar-refractivity contribution in [2.75, 3.05) is 0 Å². The van der Waals surface area contributed by atoms with Gasteiger partial charge in [0.25, 0.3) is 0 Å². The van der Waals surface area contributed by atoms with E-state index >= 15 is 0 Å². The van der Waals surface area contributed by atoms with Crippen LogP contribution in [-0.2, 0) is 18.4 Å². The molecule has 0 bridgehead atoms. The summed E-state index contributed by atoms with van der Waals surface area (Å²) in [4.78, 5) is 12.3. The van der Waals surface area contributed by atoms with Gasteiger partial charge in [-0.2, -0.15) is 14.5 Å². The van der Waals surface area contributed by atoms with Crippen molar-refractivity contribution < 1.29 is 4.74 Å². The second-order valence-electron chi connectivity index (χ2n) is 6.68. The fraction of sp³-hybridized carbons (Fsp3) is 0.227. The van der Waals surface area contributed by atoms with Gasteiger partial charge in [-0.05, 0) is 46.7 Å². The Labute approximate surface area is 188 Å². The molecule has 0 aliphatic carbocycles. The minimum atomic E-state index is -0.346. The highest BCUT2D eigenvalue weighted by Gasteiger charge is 2.14. The topological polar surface area (TPSA) is 86.7 Å². The maximum atomic E-state index is 12.3. The Morgan fingerprint density at radius 3 is 2.65 bits per heavy atom. The molecule has 8 nitrogen and oxygen atoms in total. The lowest BCUT2D eigenvalue weighted by molar-refractivity contribution is 0.282. The van der Waals surface area contributed by atoms with E-state index in [1.807, 2.05) is 50.2 Å². The van der Waals surface area contributed by atoms with Crippen LogP contribution < -0.4 is 5.69 Å². The van der Waals surface area contributed by atoms with Gasteiger partial charge in [0.2, 0.25) is 5.90 Å². The van der Waals surface area contributed by atoms with E-state index in [4.69, 9.17) is 4.74 Å². The highest BCUT2D eigenvalue weighted by molar-refractivity contribution is 9.10. The van der Waals surface area contributed by atoms with Crippen LogP contribution >= 0.6 is 15.9 Å². The molecule has 1 aromatic heterocycles. The lowest BCUT2D eigenvalue weighted by Crippen LogP contribution is -2.23. The Morgan fingerprint density at radius 1 is 1.23 bits per heavy atom. The van der Waals surface area contributed by atoms with E-state index in [1.165, 1.54) is 9.36 Å². The second kappa shape index (κ2) is 10.1. The summed E-state index contributed by atoms with van der Waals surface area (Å²) in [7, 11) is 1.55. The molecule has 0 aliphatic heterocycles. The highest BCUT2D eigenvalue weighted by atomic mass is 79.9. The van der Waals surface area contributed by atoms with Gasteiger partial charge in [0.15, 0.2) is 0 Å². The van der Waals surface area contributed by atoms with Gasteiger partial charge >= 0.3 is 5.69 Å². The number of tetrazole rings is 1. The Kier molecular flexibility index (Phi) is 7.30. The molecule has 0 atom stereocenters. The molecule has 9 heteroatoms. The molecule has 2 aromatic carbocycles. The smallest absolute Gasteiger partial charge is 0.368 e.